The zero-order valence-corrected chi connectivity index (χ0v) is 12.6. The van der Waals surface area contributed by atoms with E-state index in [1.54, 1.807) is 14.0 Å². The van der Waals surface area contributed by atoms with E-state index in [1.807, 2.05) is 32.0 Å². The van der Waals surface area contributed by atoms with Crippen LogP contribution in [0.2, 0.25) is 0 Å². The van der Waals surface area contributed by atoms with Gasteiger partial charge < -0.3 is 20.5 Å². The molecule has 0 aliphatic carbocycles. The fraction of sp³-hybridized carbons (Fsp3) is 0.533. The summed E-state index contributed by atoms with van der Waals surface area (Å²) in [6.45, 7) is 6.53. The molecular formula is C15H24N2O3. The Morgan fingerprint density at radius 2 is 2.10 bits per heavy atom. The topological polar surface area (TPSA) is 73.6 Å². The highest BCUT2D eigenvalue weighted by atomic mass is 16.5. The van der Waals surface area contributed by atoms with Gasteiger partial charge in [0.05, 0.1) is 6.61 Å². The van der Waals surface area contributed by atoms with Crippen molar-refractivity contribution in [2.75, 3.05) is 20.3 Å². The van der Waals surface area contributed by atoms with Gasteiger partial charge in [-0.2, -0.15) is 0 Å². The van der Waals surface area contributed by atoms with Crippen molar-refractivity contribution in [3.8, 4) is 5.75 Å². The van der Waals surface area contributed by atoms with Crippen LogP contribution >= 0.6 is 0 Å². The molecule has 0 aliphatic rings. The van der Waals surface area contributed by atoms with Crippen LogP contribution in [0.4, 0.5) is 0 Å². The van der Waals surface area contributed by atoms with Crippen LogP contribution < -0.4 is 15.8 Å². The maximum atomic E-state index is 11.9. The number of hydrogen-bond donors (Lipinski definition) is 2. The van der Waals surface area contributed by atoms with Gasteiger partial charge in [0.1, 0.15) is 5.75 Å². The van der Waals surface area contributed by atoms with Crippen molar-refractivity contribution >= 4 is 5.91 Å². The van der Waals surface area contributed by atoms with Crippen LogP contribution in [0.1, 0.15) is 31.0 Å². The van der Waals surface area contributed by atoms with Gasteiger partial charge in [-0.25, -0.2) is 0 Å². The second-order valence-electron chi connectivity index (χ2n) is 4.87. The molecule has 0 saturated heterocycles. The quantitative estimate of drug-likeness (QED) is 0.743. The molecule has 20 heavy (non-hydrogen) atoms. The Bertz CT molecular complexity index is 447. The highest BCUT2D eigenvalue weighted by Gasteiger charge is 2.17. The van der Waals surface area contributed by atoms with E-state index >= 15 is 0 Å². The Labute approximate surface area is 120 Å². The van der Waals surface area contributed by atoms with Gasteiger partial charge in [0.25, 0.3) is 5.91 Å². The van der Waals surface area contributed by atoms with Crippen LogP contribution in [0.15, 0.2) is 18.2 Å². The van der Waals surface area contributed by atoms with E-state index in [0.29, 0.717) is 18.9 Å². The van der Waals surface area contributed by atoms with Gasteiger partial charge >= 0.3 is 0 Å². The molecule has 5 heteroatoms. The third kappa shape index (κ3) is 4.83. The number of nitrogens with one attached hydrogen (secondary N) is 1. The van der Waals surface area contributed by atoms with E-state index in [-0.39, 0.29) is 11.9 Å². The summed E-state index contributed by atoms with van der Waals surface area (Å²) in [6.07, 6.45) is -0.578. The Morgan fingerprint density at radius 1 is 1.40 bits per heavy atom. The lowest BCUT2D eigenvalue weighted by atomic mass is 10.1. The third-order valence-corrected chi connectivity index (χ3v) is 2.94. The lowest BCUT2D eigenvalue weighted by Crippen LogP contribution is -2.38. The third-order valence-electron chi connectivity index (χ3n) is 2.94. The van der Waals surface area contributed by atoms with Gasteiger partial charge in [0, 0.05) is 25.3 Å². The summed E-state index contributed by atoms with van der Waals surface area (Å²) in [5.41, 5.74) is 7.88. The molecule has 0 spiro atoms. The first-order chi connectivity index (χ1) is 9.45. The molecule has 3 N–H and O–H groups in total. The standard InChI is InChI=1S/C15H24N2O3/c1-10-5-6-13(11(2)16)14(9-10)20-12(3)15(18)17-7-8-19-4/h5-6,9,11-12H,7-8,16H2,1-4H3,(H,17,18)/t11-,12?/m0/s1. The Balaban J connectivity index is 2.71. The summed E-state index contributed by atoms with van der Waals surface area (Å²) < 4.78 is 10.6. The number of ether oxygens (including phenoxy) is 2. The van der Waals surface area contributed by atoms with Crippen molar-refractivity contribution in [1.82, 2.24) is 5.32 Å². The molecule has 2 atom stereocenters. The fourth-order valence-corrected chi connectivity index (χ4v) is 1.78. The summed E-state index contributed by atoms with van der Waals surface area (Å²) in [6, 6.07) is 5.67. The second-order valence-corrected chi connectivity index (χ2v) is 4.87. The van der Waals surface area contributed by atoms with Crippen LogP contribution in [0.25, 0.3) is 0 Å². The Kier molecular flexibility index (Phi) is 6.48. The number of rotatable bonds is 7. The number of hydrogen-bond acceptors (Lipinski definition) is 4. The van der Waals surface area contributed by atoms with Crippen molar-refractivity contribution in [3.05, 3.63) is 29.3 Å². The summed E-state index contributed by atoms with van der Waals surface area (Å²) >= 11 is 0. The van der Waals surface area contributed by atoms with Gasteiger partial charge in [-0.15, -0.1) is 0 Å². The van der Waals surface area contributed by atoms with Crippen molar-refractivity contribution in [2.45, 2.75) is 32.9 Å². The number of amides is 1. The number of benzene rings is 1. The molecule has 5 nitrogen and oxygen atoms in total. The Morgan fingerprint density at radius 3 is 2.70 bits per heavy atom. The molecule has 0 radical (unpaired) electrons. The minimum atomic E-state index is -0.578. The van der Waals surface area contributed by atoms with Crippen LogP contribution in [0.5, 0.6) is 5.75 Å². The van der Waals surface area contributed by atoms with Gasteiger partial charge in [0.15, 0.2) is 6.10 Å². The van der Waals surface area contributed by atoms with Crippen molar-refractivity contribution in [1.29, 1.82) is 0 Å². The number of carbonyl (C=O) groups excluding carboxylic acids is 1. The predicted molar refractivity (Wildman–Crippen MR) is 78.8 cm³/mol. The fourth-order valence-electron chi connectivity index (χ4n) is 1.78. The van der Waals surface area contributed by atoms with E-state index in [4.69, 9.17) is 15.2 Å². The highest BCUT2D eigenvalue weighted by Crippen LogP contribution is 2.26. The highest BCUT2D eigenvalue weighted by molar-refractivity contribution is 5.80. The zero-order chi connectivity index (χ0) is 15.1. The average Bonchev–Trinajstić information content (AvgIpc) is 2.38. The second kappa shape index (κ2) is 7.87. The molecule has 0 bridgehead atoms. The van der Waals surface area contributed by atoms with E-state index < -0.39 is 6.10 Å². The molecule has 1 unspecified atom stereocenters. The summed E-state index contributed by atoms with van der Waals surface area (Å²) in [5.74, 6) is 0.494. The van der Waals surface area contributed by atoms with Crippen molar-refractivity contribution in [3.63, 3.8) is 0 Å². The number of aryl methyl sites for hydroxylation is 1. The maximum Gasteiger partial charge on any atom is 0.260 e. The SMILES string of the molecule is COCCNC(=O)C(C)Oc1cc(C)ccc1[C@H](C)N. The van der Waals surface area contributed by atoms with Gasteiger partial charge in [-0.1, -0.05) is 12.1 Å². The molecule has 1 aromatic carbocycles. The number of nitrogens with two attached hydrogens (primary N) is 1. The van der Waals surface area contributed by atoms with E-state index in [2.05, 4.69) is 5.32 Å². The van der Waals surface area contributed by atoms with Crippen LogP contribution in [-0.4, -0.2) is 32.3 Å². The number of methoxy groups -OCH3 is 1. The van der Waals surface area contributed by atoms with Crippen molar-refractivity contribution < 1.29 is 14.3 Å². The van der Waals surface area contributed by atoms with E-state index in [9.17, 15) is 4.79 Å². The predicted octanol–water partition coefficient (Wildman–Crippen LogP) is 1.54. The molecule has 0 aromatic heterocycles. The zero-order valence-electron chi connectivity index (χ0n) is 12.6. The molecule has 0 heterocycles. The Hall–Kier alpha value is -1.59. The molecule has 0 aliphatic heterocycles. The monoisotopic (exact) mass is 280 g/mol. The van der Waals surface area contributed by atoms with E-state index in [0.717, 1.165) is 11.1 Å². The first kappa shape index (κ1) is 16.5. The first-order valence-electron chi connectivity index (χ1n) is 6.75. The van der Waals surface area contributed by atoms with E-state index in [1.165, 1.54) is 0 Å². The van der Waals surface area contributed by atoms with Crippen molar-refractivity contribution in [2.24, 2.45) is 5.73 Å². The normalized spacial score (nSPS) is 13.7. The average molecular weight is 280 g/mol. The smallest absolute Gasteiger partial charge is 0.260 e. The summed E-state index contributed by atoms with van der Waals surface area (Å²) in [5, 5.41) is 2.75. The van der Waals surface area contributed by atoms with Crippen LogP contribution in [0, 0.1) is 6.92 Å². The van der Waals surface area contributed by atoms with Gasteiger partial charge in [0.2, 0.25) is 0 Å². The van der Waals surface area contributed by atoms with Gasteiger partial charge in [-0.3, -0.25) is 4.79 Å². The molecule has 1 aromatic rings. The van der Waals surface area contributed by atoms with Gasteiger partial charge in [-0.05, 0) is 32.4 Å². The first-order valence-corrected chi connectivity index (χ1v) is 6.75. The lowest BCUT2D eigenvalue weighted by molar-refractivity contribution is -0.127. The minimum absolute atomic E-state index is 0.144. The van der Waals surface area contributed by atoms with Crippen LogP contribution in [-0.2, 0) is 9.53 Å². The number of carbonyl (C=O) groups is 1. The largest absolute Gasteiger partial charge is 0.481 e. The summed E-state index contributed by atoms with van der Waals surface area (Å²) in [7, 11) is 1.59. The molecule has 1 amide bonds. The molecular weight excluding hydrogens is 256 g/mol. The minimum Gasteiger partial charge on any atom is -0.481 e. The summed E-state index contributed by atoms with van der Waals surface area (Å²) in [4.78, 5) is 11.9. The molecule has 1 rings (SSSR count). The molecule has 112 valence electrons. The molecule has 0 saturated carbocycles. The molecule has 0 fully saturated rings. The van der Waals surface area contributed by atoms with Crippen LogP contribution in [0.3, 0.4) is 0 Å². The maximum absolute atomic E-state index is 11.9. The lowest BCUT2D eigenvalue weighted by Gasteiger charge is -2.19.